The minimum absolute atomic E-state index is 0.0170. The Balaban J connectivity index is 2.90. The Labute approximate surface area is 112 Å². The summed E-state index contributed by atoms with van der Waals surface area (Å²) in [5.41, 5.74) is -0.366. The predicted octanol–water partition coefficient (Wildman–Crippen LogP) is 0.0831. The van der Waals surface area contributed by atoms with E-state index in [2.05, 4.69) is 9.97 Å². The van der Waals surface area contributed by atoms with Crippen LogP contribution in [0.25, 0.3) is 0 Å². The molecular formula is C12H20N4O3. The van der Waals surface area contributed by atoms with Gasteiger partial charge in [-0.3, -0.25) is 9.59 Å². The summed E-state index contributed by atoms with van der Waals surface area (Å²) in [6, 6.07) is 0. The van der Waals surface area contributed by atoms with Crippen molar-refractivity contribution < 1.29 is 9.53 Å². The van der Waals surface area contributed by atoms with Crippen LogP contribution in [0.1, 0.15) is 13.8 Å². The van der Waals surface area contributed by atoms with Crippen LogP contribution < -0.4 is 15.2 Å². The van der Waals surface area contributed by atoms with Gasteiger partial charge in [-0.1, -0.05) is 0 Å². The van der Waals surface area contributed by atoms with Crippen molar-refractivity contribution in [2.75, 3.05) is 38.7 Å². The van der Waals surface area contributed by atoms with Crippen molar-refractivity contribution in [3.63, 3.8) is 0 Å². The summed E-state index contributed by atoms with van der Waals surface area (Å²) in [5.74, 6) is 0.445. The second-order valence-corrected chi connectivity index (χ2v) is 4.01. The van der Waals surface area contributed by atoms with Gasteiger partial charge in [0.15, 0.2) is 5.82 Å². The molecule has 0 spiro atoms. The van der Waals surface area contributed by atoms with E-state index in [0.717, 1.165) is 0 Å². The first-order chi connectivity index (χ1) is 9.04. The zero-order valence-corrected chi connectivity index (χ0v) is 11.8. The molecule has 0 aliphatic heterocycles. The fraction of sp³-hybridized carbons (Fsp3) is 0.583. The summed E-state index contributed by atoms with van der Waals surface area (Å²) >= 11 is 0. The Kier molecular flexibility index (Phi) is 5.35. The lowest BCUT2D eigenvalue weighted by atomic mass is 10.4. The maximum Gasteiger partial charge on any atom is 0.295 e. The number of hydrogen-bond donors (Lipinski definition) is 1. The first-order valence-electron chi connectivity index (χ1n) is 6.15. The normalized spacial score (nSPS) is 10.1. The molecule has 7 heteroatoms. The molecule has 106 valence electrons. The van der Waals surface area contributed by atoms with Gasteiger partial charge in [0, 0.05) is 20.1 Å². The molecule has 0 aliphatic rings. The largest absolute Gasteiger partial charge is 0.489 e. The van der Waals surface area contributed by atoms with E-state index >= 15 is 0 Å². The Hall–Kier alpha value is -2.05. The summed E-state index contributed by atoms with van der Waals surface area (Å²) in [4.78, 5) is 33.4. The van der Waals surface area contributed by atoms with Crippen LogP contribution in [0.4, 0.5) is 5.82 Å². The Bertz CT molecular complexity index is 482. The van der Waals surface area contributed by atoms with Crippen LogP contribution in [0.15, 0.2) is 11.1 Å². The lowest BCUT2D eigenvalue weighted by Gasteiger charge is -2.24. The molecule has 0 aliphatic carbocycles. The van der Waals surface area contributed by atoms with E-state index in [0.29, 0.717) is 18.9 Å². The van der Waals surface area contributed by atoms with Gasteiger partial charge in [0.25, 0.3) is 5.56 Å². The molecule has 0 atom stereocenters. The van der Waals surface area contributed by atoms with E-state index in [9.17, 15) is 9.59 Å². The quantitative estimate of drug-likeness (QED) is 0.790. The van der Waals surface area contributed by atoms with Crippen LogP contribution in [-0.4, -0.2) is 54.6 Å². The van der Waals surface area contributed by atoms with Gasteiger partial charge in [0.1, 0.15) is 0 Å². The third kappa shape index (κ3) is 3.46. The second kappa shape index (κ2) is 6.77. The summed E-state index contributed by atoms with van der Waals surface area (Å²) in [6.07, 6.45) is 1.29. The number of ether oxygens (including phenoxy) is 1. The fourth-order valence-electron chi connectivity index (χ4n) is 1.79. The average molecular weight is 268 g/mol. The van der Waals surface area contributed by atoms with E-state index < -0.39 is 0 Å². The van der Waals surface area contributed by atoms with Gasteiger partial charge in [-0.05, 0) is 13.8 Å². The van der Waals surface area contributed by atoms with Crippen molar-refractivity contribution in [1.82, 2.24) is 14.9 Å². The van der Waals surface area contributed by atoms with Crippen molar-refractivity contribution in [3.05, 3.63) is 16.7 Å². The highest BCUT2D eigenvalue weighted by molar-refractivity contribution is 5.81. The lowest BCUT2D eigenvalue weighted by molar-refractivity contribution is -0.129. The predicted molar refractivity (Wildman–Crippen MR) is 72.6 cm³/mol. The van der Waals surface area contributed by atoms with Crippen molar-refractivity contribution in [3.8, 4) is 5.75 Å². The molecule has 1 rings (SSSR count). The summed E-state index contributed by atoms with van der Waals surface area (Å²) in [5, 5.41) is 0. The molecule has 19 heavy (non-hydrogen) atoms. The van der Waals surface area contributed by atoms with Gasteiger partial charge in [-0.25, -0.2) is 4.98 Å². The van der Waals surface area contributed by atoms with Crippen LogP contribution in [0.3, 0.4) is 0 Å². The summed E-state index contributed by atoms with van der Waals surface area (Å²) in [6.45, 7) is 5.31. The van der Waals surface area contributed by atoms with Gasteiger partial charge in [0.2, 0.25) is 11.7 Å². The monoisotopic (exact) mass is 268 g/mol. The smallest absolute Gasteiger partial charge is 0.295 e. The van der Waals surface area contributed by atoms with Gasteiger partial charge < -0.3 is 19.5 Å². The maximum absolute atomic E-state index is 12.0. The highest BCUT2D eigenvalue weighted by atomic mass is 16.5. The molecule has 0 bridgehead atoms. The van der Waals surface area contributed by atoms with Crippen LogP contribution in [0, 0.1) is 0 Å². The number of carbonyl (C=O) groups excluding carboxylic acids is 1. The third-order valence-corrected chi connectivity index (χ3v) is 2.85. The molecule has 0 radical (unpaired) electrons. The number of H-pyrrole nitrogens is 1. The number of anilines is 1. The van der Waals surface area contributed by atoms with Crippen molar-refractivity contribution >= 4 is 11.7 Å². The molecule has 0 fully saturated rings. The number of nitrogens with zero attached hydrogens (tertiary/aromatic N) is 3. The van der Waals surface area contributed by atoms with Gasteiger partial charge >= 0.3 is 0 Å². The number of methoxy groups -OCH3 is 1. The minimum Gasteiger partial charge on any atom is -0.489 e. The molecule has 1 amide bonds. The Morgan fingerprint density at radius 3 is 2.58 bits per heavy atom. The minimum atomic E-state index is -0.366. The van der Waals surface area contributed by atoms with Crippen molar-refractivity contribution in [1.29, 1.82) is 0 Å². The van der Waals surface area contributed by atoms with Crippen LogP contribution in [0.5, 0.6) is 5.75 Å². The number of likely N-dealkylation sites (N-methyl/N-ethyl adjacent to an activating group) is 2. The van der Waals surface area contributed by atoms with Crippen molar-refractivity contribution in [2.24, 2.45) is 0 Å². The number of carbonyl (C=O) groups is 1. The maximum atomic E-state index is 12.0. The number of nitrogens with one attached hydrogen (secondary N) is 1. The average Bonchev–Trinajstić information content (AvgIpc) is 2.39. The number of rotatable bonds is 6. The number of aromatic nitrogens is 2. The highest BCUT2D eigenvalue weighted by Gasteiger charge is 2.18. The molecule has 1 aromatic rings. The molecule has 0 saturated heterocycles. The van der Waals surface area contributed by atoms with Crippen LogP contribution in [-0.2, 0) is 4.79 Å². The van der Waals surface area contributed by atoms with E-state index in [1.165, 1.54) is 13.4 Å². The molecule has 0 saturated carbocycles. The Morgan fingerprint density at radius 2 is 2.05 bits per heavy atom. The Morgan fingerprint density at radius 1 is 1.42 bits per heavy atom. The molecule has 7 nitrogen and oxygen atoms in total. The van der Waals surface area contributed by atoms with E-state index in [1.807, 2.05) is 13.8 Å². The first-order valence-corrected chi connectivity index (χ1v) is 6.15. The highest BCUT2D eigenvalue weighted by Crippen LogP contribution is 2.18. The van der Waals surface area contributed by atoms with E-state index in [1.54, 1.807) is 16.8 Å². The SMILES string of the molecule is CCN(CC)C(=O)CN(C)c1nc[nH]c(=O)c1OC. The molecule has 1 aromatic heterocycles. The molecule has 0 unspecified atom stereocenters. The molecule has 1 heterocycles. The summed E-state index contributed by atoms with van der Waals surface area (Å²) in [7, 11) is 3.10. The van der Waals surface area contributed by atoms with Crippen LogP contribution >= 0.6 is 0 Å². The molecule has 0 aromatic carbocycles. The third-order valence-electron chi connectivity index (χ3n) is 2.85. The summed E-state index contributed by atoms with van der Waals surface area (Å²) < 4.78 is 5.02. The van der Waals surface area contributed by atoms with Gasteiger partial charge in [0.05, 0.1) is 20.0 Å². The zero-order valence-electron chi connectivity index (χ0n) is 11.8. The van der Waals surface area contributed by atoms with Crippen molar-refractivity contribution in [2.45, 2.75) is 13.8 Å². The first kappa shape index (κ1) is 15.0. The fourth-order valence-corrected chi connectivity index (χ4v) is 1.79. The standard InChI is InChI=1S/C12H20N4O3/c1-5-16(6-2)9(17)7-15(3)11-10(19-4)12(18)14-8-13-11/h8H,5-7H2,1-4H3,(H,13,14,18). The van der Waals surface area contributed by atoms with E-state index in [-0.39, 0.29) is 23.8 Å². The zero-order chi connectivity index (χ0) is 14.4. The van der Waals surface area contributed by atoms with Gasteiger partial charge in [-0.2, -0.15) is 0 Å². The number of hydrogen-bond acceptors (Lipinski definition) is 5. The molecule has 1 N–H and O–H groups in total. The second-order valence-electron chi connectivity index (χ2n) is 4.01. The number of amides is 1. The number of aromatic amines is 1. The lowest BCUT2D eigenvalue weighted by Crippen LogP contribution is -2.39. The van der Waals surface area contributed by atoms with Crippen LogP contribution in [0.2, 0.25) is 0 Å². The molecular weight excluding hydrogens is 248 g/mol. The van der Waals surface area contributed by atoms with Gasteiger partial charge in [-0.15, -0.1) is 0 Å². The van der Waals surface area contributed by atoms with E-state index in [4.69, 9.17) is 4.74 Å². The topological polar surface area (TPSA) is 78.5 Å².